The predicted molar refractivity (Wildman–Crippen MR) is 76.7 cm³/mol. The van der Waals surface area contributed by atoms with Crippen molar-refractivity contribution in [3.8, 4) is 0 Å². The van der Waals surface area contributed by atoms with Crippen molar-refractivity contribution in [2.45, 2.75) is 18.2 Å². The van der Waals surface area contributed by atoms with E-state index in [2.05, 4.69) is 30.3 Å². The van der Waals surface area contributed by atoms with Crippen LogP contribution in [0.4, 0.5) is 0 Å². The maximum absolute atomic E-state index is 6.33. The minimum atomic E-state index is 0.0387. The van der Waals surface area contributed by atoms with Crippen LogP contribution in [0.1, 0.15) is 26.9 Å². The third-order valence-corrected chi connectivity index (χ3v) is 5.44. The fraction of sp³-hybridized carbons (Fsp3) is 0.286. The third-order valence-electron chi connectivity index (χ3n) is 3.11. The van der Waals surface area contributed by atoms with Crippen molar-refractivity contribution in [1.29, 1.82) is 0 Å². The zero-order valence-electron chi connectivity index (χ0n) is 9.56. The van der Waals surface area contributed by atoms with E-state index in [1.807, 2.05) is 29.2 Å². The summed E-state index contributed by atoms with van der Waals surface area (Å²) in [6, 6.07) is 12.7. The number of hydrogen-bond donors (Lipinski definition) is 1. The first-order valence-corrected chi connectivity index (χ1v) is 7.81. The van der Waals surface area contributed by atoms with Gasteiger partial charge in [0, 0.05) is 15.5 Å². The first-order chi connectivity index (χ1) is 8.34. The Kier molecular flexibility index (Phi) is 3.23. The number of hydrogen-bond acceptors (Lipinski definition) is 3. The summed E-state index contributed by atoms with van der Waals surface area (Å²) in [4.78, 5) is 2.86. The summed E-state index contributed by atoms with van der Waals surface area (Å²) < 4.78 is 0. The standard InChI is InChI=1S/C14H15NS2/c15-14(10-4-2-1-3-5-10)13-8-11-9-16-7-6-12(11)17-13/h1-5,8,14H,6-7,9,15H2. The van der Waals surface area contributed by atoms with E-state index in [1.54, 1.807) is 4.88 Å². The molecule has 88 valence electrons. The molecule has 2 aromatic rings. The highest BCUT2D eigenvalue weighted by Gasteiger charge is 2.17. The molecule has 1 aliphatic heterocycles. The normalized spacial score (nSPS) is 16.5. The van der Waals surface area contributed by atoms with Gasteiger partial charge in [-0.2, -0.15) is 11.8 Å². The van der Waals surface area contributed by atoms with E-state index in [-0.39, 0.29) is 6.04 Å². The Morgan fingerprint density at radius 3 is 2.76 bits per heavy atom. The minimum Gasteiger partial charge on any atom is -0.320 e. The van der Waals surface area contributed by atoms with Crippen molar-refractivity contribution < 1.29 is 0 Å². The molecule has 0 radical (unpaired) electrons. The number of rotatable bonds is 2. The van der Waals surface area contributed by atoms with Crippen molar-refractivity contribution in [1.82, 2.24) is 0 Å². The van der Waals surface area contributed by atoms with Gasteiger partial charge in [0.25, 0.3) is 0 Å². The quantitative estimate of drug-likeness (QED) is 0.894. The number of aryl methyl sites for hydroxylation is 1. The molecule has 3 heteroatoms. The Labute approximate surface area is 110 Å². The highest BCUT2D eigenvalue weighted by Crippen LogP contribution is 2.35. The monoisotopic (exact) mass is 261 g/mol. The van der Waals surface area contributed by atoms with E-state index in [1.165, 1.54) is 28.2 Å². The lowest BCUT2D eigenvalue weighted by Gasteiger charge is -2.09. The zero-order chi connectivity index (χ0) is 11.7. The number of benzene rings is 1. The van der Waals surface area contributed by atoms with Crippen LogP contribution >= 0.6 is 23.1 Å². The largest absolute Gasteiger partial charge is 0.320 e. The molecule has 1 aliphatic rings. The van der Waals surface area contributed by atoms with Crippen LogP contribution in [-0.4, -0.2) is 5.75 Å². The van der Waals surface area contributed by atoms with Gasteiger partial charge in [-0.1, -0.05) is 30.3 Å². The summed E-state index contributed by atoms with van der Waals surface area (Å²) in [5.74, 6) is 2.42. The maximum Gasteiger partial charge on any atom is 0.0646 e. The molecule has 1 atom stereocenters. The summed E-state index contributed by atoms with van der Waals surface area (Å²) >= 11 is 3.92. The Morgan fingerprint density at radius 2 is 2.00 bits per heavy atom. The summed E-state index contributed by atoms with van der Waals surface area (Å²) in [5, 5.41) is 0. The van der Waals surface area contributed by atoms with Crippen LogP contribution in [0.3, 0.4) is 0 Å². The van der Waals surface area contributed by atoms with Gasteiger partial charge in [-0.15, -0.1) is 11.3 Å². The first-order valence-electron chi connectivity index (χ1n) is 5.84. The maximum atomic E-state index is 6.33. The van der Waals surface area contributed by atoms with Crippen LogP contribution in [0.2, 0.25) is 0 Å². The van der Waals surface area contributed by atoms with E-state index in [4.69, 9.17) is 5.73 Å². The molecule has 0 amide bonds. The Bertz CT molecular complexity index is 481. The molecule has 3 rings (SSSR count). The number of thioether (sulfide) groups is 1. The molecule has 0 saturated carbocycles. The molecule has 2 heterocycles. The van der Waals surface area contributed by atoms with Crippen molar-refractivity contribution in [2.75, 3.05) is 5.75 Å². The van der Waals surface area contributed by atoms with Crippen LogP contribution in [0, 0.1) is 0 Å². The molecule has 1 aromatic carbocycles. The summed E-state index contributed by atoms with van der Waals surface area (Å²) in [6.45, 7) is 0. The smallest absolute Gasteiger partial charge is 0.0646 e. The molecule has 17 heavy (non-hydrogen) atoms. The van der Waals surface area contributed by atoms with Crippen LogP contribution in [0.5, 0.6) is 0 Å². The lowest BCUT2D eigenvalue weighted by atomic mass is 10.1. The van der Waals surface area contributed by atoms with Gasteiger partial charge in [-0.3, -0.25) is 0 Å². The molecule has 2 N–H and O–H groups in total. The molecule has 1 nitrogen and oxygen atoms in total. The summed E-state index contributed by atoms with van der Waals surface area (Å²) in [5.41, 5.74) is 9.05. The number of fused-ring (bicyclic) bond motifs is 1. The summed E-state index contributed by atoms with van der Waals surface area (Å²) in [7, 11) is 0. The van der Waals surface area contributed by atoms with Crippen molar-refractivity contribution in [2.24, 2.45) is 5.73 Å². The van der Waals surface area contributed by atoms with Crippen LogP contribution in [0.25, 0.3) is 0 Å². The Hall–Kier alpha value is -0.770. The molecule has 0 aliphatic carbocycles. The highest BCUT2D eigenvalue weighted by atomic mass is 32.2. The minimum absolute atomic E-state index is 0.0387. The Morgan fingerprint density at radius 1 is 1.18 bits per heavy atom. The van der Waals surface area contributed by atoms with Gasteiger partial charge in [0.2, 0.25) is 0 Å². The molecule has 1 aromatic heterocycles. The topological polar surface area (TPSA) is 26.0 Å². The van der Waals surface area contributed by atoms with Gasteiger partial charge >= 0.3 is 0 Å². The van der Waals surface area contributed by atoms with E-state index in [9.17, 15) is 0 Å². The SMILES string of the molecule is NC(c1ccccc1)c1cc2c(s1)CCSC2. The van der Waals surface area contributed by atoms with E-state index < -0.39 is 0 Å². The lowest BCUT2D eigenvalue weighted by molar-refractivity contribution is 0.892. The second-order valence-corrected chi connectivity index (χ2v) is 6.56. The average Bonchev–Trinajstić information content (AvgIpc) is 2.82. The van der Waals surface area contributed by atoms with Crippen molar-refractivity contribution in [3.05, 3.63) is 57.3 Å². The van der Waals surface area contributed by atoms with E-state index in [0.717, 1.165) is 5.75 Å². The fourth-order valence-electron chi connectivity index (χ4n) is 2.15. The molecule has 0 saturated heterocycles. The van der Waals surface area contributed by atoms with E-state index in [0.29, 0.717) is 0 Å². The molecular weight excluding hydrogens is 246 g/mol. The molecule has 0 spiro atoms. The van der Waals surface area contributed by atoms with Crippen LogP contribution in [0.15, 0.2) is 36.4 Å². The molecule has 1 unspecified atom stereocenters. The van der Waals surface area contributed by atoms with Crippen molar-refractivity contribution >= 4 is 23.1 Å². The van der Waals surface area contributed by atoms with Gasteiger partial charge in [0.1, 0.15) is 0 Å². The molecule has 0 bridgehead atoms. The lowest BCUT2D eigenvalue weighted by Crippen LogP contribution is -2.09. The van der Waals surface area contributed by atoms with Crippen LogP contribution in [-0.2, 0) is 12.2 Å². The fourth-order valence-corrected chi connectivity index (χ4v) is 4.55. The van der Waals surface area contributed by atoms with Crippen molar-refractivity contribution in [3.63, 3.8) is 0 Å². The van der Waals surface area contributed by atoms with Gasteiger partial charge in [-0.05, 0) is 29.4 Å². The van der Waals surface area contributed by atoms with Gasteiger partial charge in [-0.25, -0.2) is 0 Å². The second kappa shape index (κ2) is 4.84. The van der Waals surface area contributed by atoms with Gasteiger partial charge in [0.15, 0.2) is 0 Å². The second-order valence-electron chi connectivity index (χ2n) is 4.29. The molecular formula is C14H15NS2. The first kappa shape index (κ1) is 11.3. The highest BCUT2D eigenvalue weighted by molar-refractivity contribution is 7.98. The van der Waals surface area contributed by atoms with Crippen LogP contribution < -0.4 is 5.73 Å². The zero-order valence-corrected chi connectivity index (χ0v) is 11.2. The van der Waals surface area contributed by atoms with Gasteiger partial charge in [0.05, 0.1) is 6.04 Å². The van der Waals surface area contributed by atoms with Gasteiger partial charge < -0.3 is 5.73 Å². The molecule has 0 fully saturated rings. The number of nitrogens with two attached hydrogens (primary N) is 1. The average molecular weight is 261 g/mol. The number of thiophene rings is 1. The summed E-state index contributed by atoms with van der Waals surface area (Å²) in [6.07, 6.45) is 1.21. The predicted octanol–water partition coefficient (Wildman–Crippen LogP) is 3.59. The van der Waals surface area contributed by atoms with E-state index >= 15 is 0 Å². The third kappa shape index (κ3) is 2.28. The Balaban J connectivity index is 1.91.